The van der Waals surface area contributed by atoms with Gasteiger partial charge in [0.05, 0.1) is 17.5 Å². The van der Waals surface area contributed by atoms with Crippen molar-refractivity contribution in [3.8, 4) is 5.75 Å². The molecule has 3 aromatic carbocycles. The topological polar surface area (TPSA) is 67.8 Å². The maximum Gasteiger partial charge on any atom is 0.343 e. The molecule has 1 N–H and O–H groups in total. The summed E-state index contributed by atoms with van der Waals surface area (Å²) in [7, 11) is 0. The molecule has 152 valence electrons. The zero-order valence-electron chi connectivity index (χ0n) is 16.0. The lowest BCUT2D eigenvalue weighted by molar-refractivity contribution is -0.118. The van der Waals surface area contributed by atoms with Crippen LogP contribution in [0.5, 0.6) is 5.75 Å². The molecule has 30 heavy (non-hydrogen) atoms. The first-order chi connectivity index (χ1) is 14.6. The number of hydrogen-bond acceptors (Lipinski definition) is 5. The quantitative estimate of drug-likeness (QED) is 0.234. The van der Waals surface area contributed by atoms with Crippen LogP contribution in [0.1, 0.15) is 21.5 Å². The van der Waals surface area contributed by atoms with Gasteiger partial charge in [0.25, 0.3) is 0 Å². The molecule has 3 aromatic rings. The van der Waals surface area contributed by atoms with E-state index in [0.717, 1.165) is 11.1 Å². The largest absolute Gasteiger partial charge is 0.423 e. The molecule has 3 rings (SSSR count). The molecule has 0 aliphatic rings. The monoisotopic (exact) mass is 438 g/mol. The summed E-state index contributed by atoms with van der Waals surface area (Å²) in [5.74, 6) is 0.744. The molecule has 0 bridgehead atoms. The third-order valence-corrected chi connectivity index (χ3v) is 5.30. The van der Waals surface area contributed by atoms with Crippen molar-refractivity contribution in [2.24, 2.45) is 5.10 Å². The number of esters is 1. The van der Waals surface area contributed by atoms with Crippen LogP contribution in [-0.2, 0) is 10.5 Å². The highest BCUT2D eigenvalue weighted by atomic mass is 35.5. The van der Waals surface area contributed by atoms with E-state index >= 15 is 0 Å². The molecular weight excluding hydrogens is 420 g/mol. The average molecular weight is 439 g/mol. The Bertz CT molecular complexity index is 1020. The predicted octanol–water partition coefficient (Wildman–Crippen LogP) is 4.94. The van der Waals surface area contributed by atoms with Crippen LogP contribution in [-0.4, -0.2) is 23.8 Å². The summed E-state index contributed by atoms with van der Waals surface area (Å²) < 4.78 is 5.32. The van der Waals surface area contributed by atoms with Crippen molar-refractivity contribution in [2.45, 2.75) is 5.75 Å². The minimum Gasteiger partial charge on any atom is -0.423 e. The Hall–Kier alpha value is -3.09. The van der Waals surface area contributed by atoms with E-state index in [1.54, 1.807) is 48.5 Å². The van der Waals surface area contributed by atoms with Gasteiger partial charge in [0, 0.05) is 10.8 Å². The molecule has 0 aromatic heterocycles. The third kappa shape index (κ3) is 6.76. The molecule has 0 spiro atoms. The van der Waals surface area contributed by atoms with Crippen LogP contribution in [0, 0.1) is 0 Å². The van der Waals surface area contributed by atoms with Gasteiger partial charge in [0.15, 0.2) is 0 Å². The number of rotatable bonds is 8. The predicted molar refractivity (Wildman–Crippen MR) is 121 cm³/mol. The summed E-state index contributed by atoms with van der Waals surface area (Å²) in [4.78, 5) is 23.9. The minimum atomic E-state index is -0.418. The molecule has 7 heteroatoms. The van der Waals surface area contributed by atoms with Crippen molar-refractivity contribution >= 4 is 41.5 Å². The lowest BCUT2D eigenvalue weighted by Gasteiger charge is -2.04. The van der Waals surface area contributed by atoms with Crippen molar-refractivity contribution in [1.82, 2.24) is 5.43 Å². The number of thioether (sulfide) groups is 1. The van der Waals surface area contributed by atoms with Crippen LogP contribution in [0.25, 0.3) is 0 Å². The molecule has 1 amide bonds. The molecule has 5 nitrogen and oxygen atoms in total. The second-order valence-electron chi connectivity index (χ2n) is 6.20. The normalized spacial score (nSPS) is 10.7. The third-order valence-electron chi connectivity index (χ3n) is 3.95. The van der Waals surface area contributed by atoms with E-state index < -0.39 is 5.97 Å². The number of carbonyl (C=O) groups is 2. The smallest absolute Gasteiger partial charge is 0.343 e. The number of nitrogens with zero attached hydrogens (tertiary/aromatic N) is 1. The zero-order valence-corrected chi connectivity index (χ0v) is 17.5. The molecule has 0 radical (unpaired) electrons. The summed E-state index contributed by atoms with van der Waals surface area (Å²) in [6, 6.07) is 23.2. The van der Waals surface area contributed by atoms with Crippen molar-refractivity contribution in [3.63, 3.8) is 0 Å². The lowest BCUT2D eigenvalue weighted by Crippen LogP contribution is -2.19. The molecule has 0 unspecified atom stereocenters. The van der Waals surface area contributed by atoms with Crippen LogP contribution in [0.4, 0.5) is 0 Å². The number of ether oxygens (including phenoxy) is 1. The summed E-state index contributed by atoms with van der Waals surface area (Å²) >= 11 is 7.56. The second-order valence-corrected chi connectivity index (χ2v) is 7.59. The first-order valence-electron chi connectivity index (χ1n) is 9.12. The van der Waals surface area contributed by atoms with Crippen LogP contribution < -0.4 is 10.2 Å². The number of hydrogen-bond donors (Lipinski definition) is 1. The first kappa shape index (κ1) is 21.6. The van der Waals surface area contributed by atoms with Gasteiger partial charge in [0.1, 0.15) is 5.75 Å². The van der Waals surface area contributed by atoms with Crippen LogP contribution in [0.15, 0.2) is 84.0 Å². The minimum absolute atomic E-state index is 0.197. The highest BCUT2D eigenvalue weighted by molar-refractivity contribution is 7.99. The number of halogens is 1. The van der Waals surface area contributed by atoms with Gasteiger partial charge in [-0.3, -0.25) is 4.79 Å². The van der Waals surface area contributed by atoms with Gasteiger partial charge in [-0.2, -0.15) is 5.10 Å². The van der Waals surface area contributed by atoms with E-state index in [0.29, 0.717) is 22.1 Å². The summed E-state index contributed by atoms with van der Waals surface area (Å²) in [5, 5.41) is 4.65. The van der Waals surface area contributed by atoms with Gasteiger partial charge < -0.3 is 4.74 Å². The van der Waals surface area contributed by atoms with E-state index in [1.165, 1.54) is 18.0 Å². The Kier molecular flexibility index (Phi) is 8.06. The standard InChI is InChI=1S/C23H19ClN2O3S/c24-21-9-5-4-8-19(21)15-30-16-22(27)26-25-14-17-10-12-20(13-11-17)29-23(28)18-6-2-1-3-7-18/h1-14H,15-16H2,(H,26,27)/b25-14-. The SMILES string of the molecule is O=C(CSCc1ccccc1Cl)N/N=C\c1ccc(OC(=O)c2ccccc2)cc1. The molecule has 0 aliphatic carbocycles. The van der Waals surface area contributed by atoms with Gasteiger partial charge in [-0.25, -0.2) is 10.2 Å². The van der Waals surface area contributed by atoms with Gasteiger partial charge in [0.2, 0.25) is 5.91 Å². The van der Waals surface area contributed by atoms with Crippen molar-refractivity contribution < 1.29 is 14.3 Å². The van der Waals surface area contributed by atoms with Gasteiger partial charge in [-0.15, -0.1) is 11.8 Å². The van der Waals surface area contributed by atoms with Crippen LogP contribution in [0.3, 0.4) is 0 Å². The van der Waals surface area contributed by atoms with E-state index in [-0.39, 0.29) is 11.7 Å². The van der Waals surface area contributed by atoms with Gasteiger partial charge >= 0.3 is 5.97 Å². The summed E-state index contributed by atoms with van der Waals surface area (Å²) in [5.41, 5.74) is 4.73. The summed E-state index contributed by atoms with van der Waals surface area (Å²) in [6.45, 7) is 0. The fourth-order valence-corrected chi connectivity index (χ4v) is 3.55. The molecule has 0 aliphatic heterocycles. The van der Waals surface area contributed by atoms with E-state index in [2.05, 4.69) is 10.5 Å². The Morgan fingerprint density at radius 3 is 2.40 bits per heavy atom. The fourth-order valence-electron chi connectivity index (χ4n) is 2.44. The number of benzene rings is 3. The molecule has 0 fully saturated rings. The second kappa shape index (κ2) is 11.2. The van der Waals surface area contributed by atoms with Crippen LogP contribution in [0.2, 0.25) is 5.02 Å². The maximum absolute atomic E-state index is 12.0. The van der Waals surface area contributed by atoms with E-state index in [4.69, 9.17) is 16.3 Å². The molecule has 0 heterocycles. The lowest BCUT2D eigenvalue weighted by atomic mass is 10.2. The highest BCUT2D eigenvalue weighted by Crippen LogP contribution is 2.20. The van der Waals surface area contributed by atoms with E-state index in [1.807, 2.05) is 30.3 Å². The molecular formula is C23H19ClN2O3S. The Morgan fingerprint density at radius 2 is 1.67 bits per heavy atom. The van der Waals surface area contributed by atoms with Crippen LogP contribution >= 0.6 is 23.4 Å². The van der Waals surface area contributed by atoms with Crippen molar-refractivity contribution in [1.29, 1.82) is 0 Å². The molecule has 0 atom stereocenters. The molecule has 0 saturated carbocycles. The zero-order chi connectivity index (χ0) is 21.2. The maximum atomic E-state index is 12.0. The number of amides is 1. The van der Waals surface area contributed by atoms with Gasteiger partial charge in [-0.1, -0.05) is 48.0 Å². The Labute approximate surface area is 184 Å². The van der Waals surface area contributed by atoms with Crippen molar-refractivity contribution in [2.75, 3.05) is 5.75 Å². The first-order valence-corrected chi connectivity index (χ1v) is 10.7. The van der Waals surface area contributed by atoms with E-state index in [9.17, 15) is 9.59 Å². The average Bonchev–Trinajstić information content (AvgIpc) is 2.77. The number of nitrogens with one attached hydrogen (secondary N) is 1. The number of hydrazone groups is 1. The number of carbonyl (C=O) groups excluding carboxylic acids is 2. The van der Waals surface area contributed by atoms with Gasteiger partial charge in [-0.05, 0) is 53.6 Å². The Morgan fingerprint density at radius 1 is 0.967 bits per heavy atom. The fraction of sp³-hybridized carbons (Fsp3) is 0.0870. The highest BCUT2D eigenvalue weighted by Gasteiger charge is 2.07. The van der Waals surface area contributed by atoms with Crippen molar-refractivity contribution in [3.05, 3.63) is 101 Å². The summed E-state index contributed by atoms with van der Waals surface area (Å²) in [6.07, 6.45) is 1.53. The Balaban J connectivity index is 1.42. The molecule has 0 saturated heterocycles.